The zero-order valence-corrected chi connectivity index (χ0v) is 10.0. The van der Waals surface area contributed by atoms with Gasteiger partial charge in [-0.05, 0) is 19.1 Å². The lowest BCUT2D eigenvalue weighted by Gasteiger charge is -2.11. The summed E-state index contributed by atoms with van der Waals surface area (Å²) in [5.74, 6) is -1.21. The molecule has 0 atom stereocenters. The molecule has 0 radical (unpaired) electrons. The van der Waals surface area contributed by atoms with Crippen molar-refractivity contribution >= 4 is 11.9 Å². The number of esters is 2. The molecule has 94 valence electrons. The van der Waals surface area contributed by atoms with E-state index in [0.29, 0.717) is 5.57 Å². The summed E-state index contributed by atoms with van der Waals surface area (Å²) in [7, 11) is 1.19. The van der Waals surface area contributed by atoms with E-state index in [1.54, 1.807) is 13.0 Å². The van der Waals surface area contributed by atoms with Gasteiger partial charge >= 0.3 is 11.9 Å². The summed E-state index contributed by atoms with van der Waals surface area (Å²) in [6.45, 7) is 1.98. The van der Waals surface area contributed by atoms with Crippen molar-refractivity contribution in [2.75, 3.05) is 13.7 Å². The van der Waals surface area contributed by atoms with Crippen LogP contribution in [0, 0.1) is 11.3 Å². The second-order valence-corrected chi connectivity index (χ2v) is 3.19. The second kappa shape index (κ2) is 6.25. The van der Waals surface area contributed by atoms with E-state index in [9.17, 15) is 9.59 Å². The van der Waals surface area contributed by atoms with E-state index in [1.165, 1.54) is 25.5 Å². The van der Waals surface area contributed by atoms with Gasteiger partial charge in [0.2, 0.25) is 0 Å². The van der Waals surface area contributed by atoms with Crippen LogP contribution in [0.1, 0.15) is 6.92 Å². The van der Waals surface area contributed by atoms with Crippen LogP contribution in [0.2, 0.25) is 0 Å². The third-order valence-electron chi connectivity index (χ3n) is 2.09. The number of allylic oxidation sites excluding steroid dienone is 1. The van der Waals surface area contributed by atoms with E-state index in [4.69, 9.17) is 10.00 Å². The number of ether oxygens (including phenoxy) is 2. The Morgan fingerprint density at radius 1 is 1.44 bits per heavy atom. The first-order valence-electron chi connectivity index (χ1n) is 5.18. The van der Waals surface area contributed by atoms with Crippen molar-refractivity contribution in [2.24, 2.45) is 0 Å². The first kappa shape index (κ1) is 13.5. The van der Waals surface area contributed by atoms with Crippen LogP contribution in [-0.2, 0) is 19.1 Å². The zero-order valence-electron chi connectivity index (χ0n) is 10.0. The van der Waals surface area contributed by atoms with Crippen LogP contribution in [-0.4, -0.2) is 25.7 Å². The smallest absolute Gasteiger partial charge is 0.350 e. The molecule has 0 saturated heterocycles. The molecular weight excluding hydrogens is 236 g/mol. The summed E-state index contributed by atoms with van der Waals surface area (Å²) in [5.41, 5.74) is 0.424. The molecule has 0 aromatic heterocycles. The van der Waals surface area contributed by atoms with Gasteiger partial charge in [0.15, 0.2) is 5.57 Å². The molecule has 0 aliphatic carbocycles. The van der Waals surface area contributed by atoms with E-state index < -0.39 is 11.9 Å². The molecule has 1 rings (SSSR count). The van der Waals surface area contributed by atoms with Gasteiger partial charge in [0, 0.05) is 6.20 Å². The molecule has 6 nitrogen and oxygen atoms in total. The number of carbonyl (C=O) groups excluding carboxylic acids is 2. The molecule has 1 N–H and O–H groups in total. The number of nitrogens with one attached hydrogen (secondary N) is 1. The Balaban J connectivity index is 2.89. The summed E-state index contributed by atoms with van der Waals surface area (Å²) < 4.78 is 9.26. The monoisotopic (exact) mass is 248 g/mol. The Hall–Kier alpha value is -2.55. The molecule has 0 aromatic carbocycles. The normalized spacial score (nSPS) is 15.9. The molecule has 0 bridgehead atoms. The summed E-state index contributed by atoms with van der Waals surface area (Å²) in [6.07, 6.45) is 4.28. The van der Waals surface area contributed by atoms with Crippen LogP contribution in [0.25, 0.3) is 0 Å². The minimum atomic E-state index is -0.738. The highest BCUT2D eigenvalue weighted by atomic mass is 16.5. The molecule has 0 fully saturated rings. The van der Waals surface area contributed by atoms with Crippen molar-refractivity contribution in [2.45, 2.75) is 6.92 Å². The van der Waals surface area contributed by atoms with Crippen LogP contribution in [0.5, 0.6) is 0 Å². The quantitative estimate of drug-likeness (QED) is 0.445. The zero-order chi connectivity index (χ0) is 13.5. The summed E-state index contributed by atoms with van der Waals surface area (Å²) in [6, 6.07) is 1.74. The standard InChI is InChI=1S/C12H12N2O4/c1-3-18-11(15)8-4-5-10(14-7-8)9(6-13)12(16)17-2/h4-5,7,14H,3H2,1-2H3/b10-9-. The SMILES string of the molecule is CCOC(=O)C1=CN/C(=C(/C#N)C(=O)OC)C=C1. The molecule has 1 heterocycles. The fourth-order valence-electron chi connectivity index (χ4n) is 1.24. The van der Waals surface area contributed by atoms with Crippen molar-refractivity contribution in [3.63, 3.8) is 0 Å². The van der Waals surface area contributed by atoms with E-state index in [-0.39, 0.29) is 17.9 Å². The fourth-order valence-corrected chi connectivity index (χ4v) is 1.24. The molecule has 0 spiro atoms. The topological polar surface area (TPSA) is 88.4 Å². The van der Waals surface area contributed by atoms with E-state index in [2.05, 4.69) is 10.1 Å². The third kappa shape index (κ3) is 2.98. The minimum absolute atomic E-state index is 0.159. The van der Waals surface area contributed by atoms with Crippen molar-refractivity contribution < 1.29 is 19.1 Å². The lowest BCUT2D eigenvalue weighted by Crippen LogP contribution is -2.18. The Morgan fingerprint density at radius 2 is 2.17 bits per heavy atom. The highest BCUT2D eigenvalue weighted by molar-refractivity contribution is 5.95. The Morgan fingerprint density at radius 3 is 2.61 bits per heavy atom. The van der Waals surface area contributed by atoms with Gasteiger partial charge in [-0.2, -0.15) is 5.26 Å². The van der Waals surface area contributed by atoms with Gasteiger partial charge in [0.05, 0.1) is 25.0 Å². The van der Waals surface area contributed by atoms with Crippen LogP contribution in [0.15, 0.2) is 35.2 Å². The molecule has 6 heteroatoms. The number of carbonyl (C=O) groups is 2. The molecule has 1 aliphatic heterocycles. The van der Waals surface area contributed by atoms with E-state index in [1.807, 2.05) is 0 Å². The third-order valence-corrected chi connectivity index (χ3v) is 2.09. The predicted octanol–water partition coefficient (Wildman–Crippen LogP) is 0.543. The van der Waals surface area contributed by atoms with Crippen molar-refractivity contribution in [1.29, 1.82) is 5.26 Å². The minimum Gasteiger partial charge on any atom is -0.465 e. The van der Waals surface area contributed by atoms with Gasteiger partial charge in [0.1, 0.15) is 6.07 Å². The number of dihydropyridines is 1. The van der Waals surface area contributed by atoms with Crippen molar-refractivity contribution in [3.05, 3.63) is 35.2 Å². The fraction of sp³-hybridized carbons (Fsp3) is 0.250. The van der Waals surface area contributed by atoms with Crippen LogP contribution in [0.3, 0.4) is 0 Å². The van der Waals surface area contributed by atoms with E-state index in [0.717, 1.165) is 0 Å². The highest BCUT2D eigenvalue weighted by Crippen LogP contribution is 2.12. The molecule has 0 saturated carbocycles. The number of methoxy groups -OCH3 is 1. The number of hydrogen-bond acceptors (Lipinski definition) is 6. The van der Waals surface area contributed by atoms with Crippen molar-refractivity contribution in [3.8, 4) is 6.07 Å². The van der Waals surface area contributed by atoms with Gasteiger partial charge in [-0.25, -0.2) is 9.59 Å². The Bertz CT molecular complexity index is 495. The van der Waals surface area contributed by atoms with Gasteiger partial charge in [-0.15, -0.1) is 0 Å². The predicted molar refractivity (Wildman–Crippen MR) is 61.6 cm³/mol. The van der Waals surface area contributed by atoms with Gasteiger partial charge in [0.25, 0.3) is 0 Å². The van der Waals surface area contributed by atoms with Crippen molar-refractivity contribution in [1.82, 2.24) is 5.32 Å². The van der Waals surface area contributed by atoms with Gasteiger partial charge < -0.3 is 14.8 Å². The summed E-state index contributed by atoms with van der Waals surface area (Å²) in [5, 5.41) is 11.5. The summed E-state index contributed by atoms with van der Waals surface area (Å²) >= 11 is 0. The van der Waals surface area contributed by atoms with Gasteiger partial charge in [-0.1, -0.05) is 0 Å². The Kier molecular flexibility index (Phi) is 4.69. The lowest BCUT2D eigenvalue weighted by molar-refractivity contribution is -0.138. The summed E-state index contributed by atoms with van der Waals surface area (Å²) in [4.78, 5) is 22.7. The Labute approximate surface area is 104 Å². The maximum atomic E-state index is 11.4. The van der Waals surface area contributed by atoms with Gasteiger partial charge in [-0.3, -0.25) is 0 Å². The number of hydrogen-bond donors (Lipinski definition) is 1. The first-order chi connectivity index (χ1) is 8.63. The second-order valence-electron chi connectivity index (χ2n) is 3.19. The molecule has 0 unspecified atom stereocenters. The lowest BCUT2D eigenvalue weighted by atomic mass is 10.1. The number of nitriles is 1. The first-order valence-corrected chi connectivity index (χ1v) is 5.18. The molecule has 0 aromatic rings. The van der Waals surface area contributed by atoms with Crippen LogP contribution < -0.4 is 5.32 Å². The number of nitrogens with zero attached hydrogens (tertiary/aromatic N) is 1. The van der Waals surface area contributed by atoms with Crippen LogP contribution >= 0.6 is 0 Å². The van der Waals surface area contributed by atoms with Crippen LogP contribution in [0.4, 0.5) is 0 Å². The maximum absolute atomic E-state index is 11.4. The molecule has 18 heavy (non-hydrogen) atoms. The maximum Gasteiger partial charge on any atom is 0.350 e. The molecular formula is C12H12N2O4. The highest BCUT2D eigenvalue weighted by Gasteiger charge is 2.17. The average Bonchev–Trinajstić information content (AvgIpc) is 2.40. The van der Waals surface area contributed by atoms with E-state index >= 15 is 0 Å². The molecule has 0 amide bonds. The number of rotatable bonds is 3. The largest absolute Gasteiger partial charge is 0.465 e. The average molecular weight is 248 g/mol. The molecule has 1 aliphatic rings.